The number of carbonyl (C=O) groups excluding carboxylic acids is 2. The van der Waals surface area contributed by atoms with E-state index in [-0.39, 0.29) is 41.7 Å². The van der Waals surface area contributed by atoms with Crippen LogP contribution in [0, 0.1) is 5.41 Å². The molecular formula is C15H17NO5. The highest BCUT2D eigenvalue weighted by Gasteiger charge is 2.28. The maximum Gasteiger partial charge on any atom is 0.341 e. The quantitative estimate of drug-likeness (QED) is 0.867. The summed E-state index contributed by atoms with van der Waals surface area (Å²) in [6.07, 6.45) is 0.142. The average Bonchev–Trinajstić information content (AvgIpc) is 2.36. The molecule has 0 saturated carbocycles. The summed E-state index contributed by atoms with van der Waals surface area (Å²) in [6.45, 7) is 5.05. The van der Waals surface area contributed by atoms with Crippen molar-refractivity contribution in [3.63, 3.8) is 0 Å². The summed E-state index contributed by atoms with van der Waals surface area (Å²) in [7, 11) is 0. The molecule has 1 aliphatic rings. The molecule has 1 aromatic carbocycles. The first kappa shape index (κ1) is 15.0. The second kappa shape index (κ2) is 5.20. The highest BCUT2D eigenvalue weighted by Crippen LogP contribution is 2.34. The maximum atomic E-state index is 12.0. The first-order valence-electron chi connectivity index (χ1n) is 6.55. The van der Waals surface area contributed by atoms with Crippen LogP contribution in [0.1, 0.15) is 36.7 Å². The number of benzene rings is 1. The van der Waals surface area contributed by atoms with E-state index >= 15 is 0 Å². The smallest absolute Gasteiger partial charge is 0.341 e. The lowest BCUT2D eigenvalue weighted by molar-refractivity contribution is -0.123. The number of ether oxygens (including phenoxy) is 1. The van der Waals surface area contributed by atoms with Crippen molar-refractivity contribution in [1.29, 1.82) is 0 Å². The summed E-state index contributed by atoms with van der Waals surface area (Å²) >= 11 is 0. The van der Waals surface area contributed by atoms with Crippen LogP contribution in [0.15, 0.2) is 12.1 Å². The standard InChI is InChI=1S/C15H17NO5/c1-15(2,3)14(20)16-10-5-4-8-6-9(17)7-21-12(8)11(10)13(18)19/h4-5H,6-7H2,1-3H3,(H,16,20)(H,18,19). The molecule has 0 radical (unpaired) electrons. The van der Waals surface area contributed by atoms with Gasteiger partial charge in [-0.2, -0.15) is 0 Å². The number of Topliss-reactive ketones (excluding diaryl/α,β-unsaturated/α-hetero) is 1. The molecule has 0 unspecified atom stereocenters. The van der Waals surface area contributed by atoms with Gasteiger partial charge in [0.05, 0.1) is 5.69 Å². The Kier molecular flexibility index (Phi) is 3.72. The lowest BCUT2D eigenvalue weighted by Crippen LogP contribution is -2.29. The van der Waals surface area contributed by atoms with Crippen molar-refractivity contribution in [3.8, 4) is 5.75 Å². The molecule has 0 saturated heterocycles. The fraction of sp³-hybridized carbons (Fsp3) is 0.400. The number of hydrogen-bond donors (Lipinski definition) is 2. The molecule has 0 spiro atoms. The average molecular weight is 291 g/mol. The van der Waals surface area contributed by atoms with Gasteiger partial charge in [0, 0.05) is 17.4 Å². The fourth-order valence-electron chi connectivity index (χ4n) is 1.97. The summed E-state index contributed by atoms with van der Waals surface area (Å²) in [5.74, 6) is -1.44. The van der Waals surface area contributed by atoms with E-state index in [2.05, 4.69) is 5.32 Å². The number of carbonyl (C=O) groups is 3. The van der Waals surface area contributed by atoms with Crippen molar-refractivity contribution in [2.24, 2.45) is 5.41 Å². The van der Waals surface area contributed by atoms with E-state index in [9.17, 15) is 19.5 Å². The van der Waals surface area contributed by atoms with E-state index < -0.39 is 11.4 Å². The molecule has 1 aromatic rings. The number of amides is 1. The zero-order valence-corrected chi connectivity index (χ0v) is 12.1. The molecule has 0 fully saturated rings. The van der Waals surface area contributed by atoms with Crippen molar-refractivity contribution < 1.29 is 24.2 Å². The first-order valence-corrected chi connectivity index (χ1v) is 6.55. The van der Waals surface area contributed by atoms with E-state index in [4.69, 9.17) is 4.74 Å². The summed E-state index contributed by atoms with van der Waals surface area (Å²) < 4.78 is 5.25. The van der Waals surface area contributed by atoms with Gasteiger partial charge in [-0.3, -0.25) is 9.59 Å². The van der Waals surface area contributed by atoms with E-state index in [0.29, 0.717) is 5.56 Å². The van der Waals surface area contributed by atoms with Crippen LogP contribution < -0.4 is 10.1 Å². The third-order valence-corrected chi connectivity index (χ3v) is 3.15. The van der Waals surface area contributed by atoms with Gasteiger partial charge in [0.1, 0.15) is 17.9 Å². The van der Waals surface area contributed by atoms with Crippen molar-refractivity contribution in [1.82, 2.24) is 0 Å². The van der Waals surface area contributed by atoms with E-state index in [1.807, 2.05) is 0 Å². The number of carboxylic acids is 1. The summed E-state index contributed by atoms with van der Waals surface area (Å²) in [4.78, 5) is 34.9. The van der Waals surface area contributed by atoms with E-state index in [1.165, 1.54) is 6.07 Å². The number of nitrogens with one attached hydrogen (secondary N) is 1. The molecular weight excluding hydrogens is 274 g/mol. The van der Waals surface area contributed by atoms with Crippen LogP contribution in [0.25, 0.3) is 0 Å². The Balaban J connectivity index is 2.46. The molecule has 112 valence electrons. The second-order valence-electron chi connectivity index (χ2n) is 5.99. The maximum absolute atomic E-state index is 12.0. The van der Waals surface area contributed by atoms with Gasteiger partial charge in [-0.25, -0.2) is 4.79 Å². The molecule has 2 N–H and O–H groups in total. The number of hydrogen-bond acceptors (Lipinski definition) is 4. The SMILES string of the molecule is CC(C)(C)C(=O)Nc1ccc2c(c1C(=O)O)OCC(=O)C2. The monoisotopic (exact) mass is 291 g/mol. The van der Waals surface area contributed by atoms with Crippen LogP contribution in [0.4, 0.5) is 5.69 Å². The number of aromatic carboxylic acids is 1. The minimum absolute atomic E-state index is 0.106. The van der Waals surface area contributed by atoms with Crippen LogP contribution in [0.3, 0.4) is 0 Å². The van der Waals surface area contributed by atoms with Gasteiger partial charge in [-0.05, 0) is 6.07 Å². The molecule has 1 heterocycles. The van der Waals surface area contributed by atoms with E-state index in [0.717, 1.165) is 0 Å². The van der Waals surface area contributed by atoms with Gasteiger partial charge in [-0.15, -0.1) is 0 Å². The number of anilines is 1. The Bertz CT molecular complexity index is 628. The molecule has 0 bridgehead atoms. The number of rotatable bonds is 2. The van der Waals surface area contributed by atoms with Crippen LogP contribution in [0.5, 0.6) is 5.75 Å². The molecule has 0 aromatic heterocycles. The van der Waals surface area contributed by atoms with Crippen molar-refractivity contribution in [2.45, 2.75) is 27.2 Å². The third kappa shape index (κ3) is 3.04. The second-order valence-corrected chi connectivity index (χ2v) is 5.99. The van der Waals surface area contributed by atoms with Crippen LogP contribution in [-0.4, -0.2) is 29.4 Å². The topological polar surface area (TPSA) is 92.7 Å². The number of carboxylic acid groups (broad SMARTS) is 1. The van der Waals surface area contributed by atoms with Gasteiger partial charge < -0.3 is 15.2 Å². The predicted molar refractivity (Wildman–Crippen MR) is 75.7 cm³/mol. The number of ketones is 1. The van der Waals surface area contributed by atoms with Crippen molar-refractivity contribution in [3.05, 3.63) is 23.3 Å². The largest absolute Gasteiger partial charge is 0.485 e. The number of fused-ring (bicyclic) bond motifs is 1. The van der Waals surface area contributed by atoms with Crippen molar-refractivity contribution >= 4 is 23.3 Å². The minimum Gasteiger partial charge on any atom is -0.485 e. The molecule has 0 atom stereocenters. The lowest BCUT2D eigenvalue weighted by atomic mass is 9.94. The third-order valence-electron chi connectivity index (χ3n) is 3.15. The van der Waals surface area contributed by atoms with Gasteiger partial charge in [0.15, 0.2) is 5.78 Å². The van der Waals surface area contributed by atoms with Crippen LogP contribution >= 0.6 is 0 Å². The first-order chi connectivity index (χ1) is 9.70. The Hall–Kier alpha value is -2.37. The Morgan fingerprint density at radius 2 is 1.95 bits per heavy atom. The molecule has 1 aliphatic heterocycles. The summed E-state index contributed by atoms with van der Waals surface area (Å²) in [5.41, 5.74) is -0.0618. The fourth-order valence-corrected chi connectivity index (χ4v) is 1.97. The highest BCUT2D eigenvalue weighted by molar-refractivity contribution is 6.04. The zero-order chi connectivity index (χ0) is 15.8. The molecule has 21 heavy (non-hydrogen) atoms. The lowest BCUT2D eigenvalue weighted by Gasteiger charge is -2.22. The van der Waals surface area contributed by atoms with E-state index in [1.54, 1.807) is 26.8 Å². The molecule has 6 nitrogen and oxygen atoms in total. The van der Waals surface area contributed by atoms with Gasteiger partial charge >= 0.3 is 5.97 Å². The predicted octanol–water partition coefficient (Wildman–Crippen LogP) is 1.87. The Morgan fingerprint density at radius 3 is 2.52 bits per heavy atom. The van der Waals surface area contributed by atoms with Gasteiger partial charge in [0.2, 0.25) is 5.91 Å². The van der Waals surface area contributed by atoms with Gasteiger partial charge in [-0.1, -0.05) is 26.8 Å². The van der Waals surface area contributed by atoms with Crippen LogP contribution in [-0.2, 0) is 16.0 Å². The molecule has 2 rings (SSSR count). The van der Waals surface area contributed by atoms with Gasteiger partial charge in [0.25, 0.3) is 0 Å². The highest BCUT2D eigenvalue weighted by atomic mass is 16.5. The summed E-state index contributed by atoms with van der Waals surface area (Å²) in [5, 5.41) is 12.0. The molecule has 1 amide bonds. The Morgan fingerprint density at radius 1 is 1.29 bits per heavy atom. The minimum atomic E-state index is -1.20. The Labute approximate surface area is 122 Å². The van der Waals surface area contributed by atoms with Crippen LogP contribution in [0.2, 0.25) is 0 Å². The molecule has 6 heteroatoms. The zero-order valence-electron chi connectivity index (χ0n) is 12.1. The molecule has 0 aliphatic carbocycles. The summed E-state index contributed by atoms with van der Waals surface area (Å²) in [6, 6.07) is 3.10. The normalized spacial score (nSPS) is 14.1. The van der Waals surface area contributed by atoms with Crippen molar-refractivity contribution in [2.75, 3.05) is 11.9 Å².